The summed E-state index contributed by atoms with van der Waals surface area (Å²) in [5.41, 5.74) is 7.03. The minimum Gasteiger partial charge on any atom is -0.331 e. The third-order valence-corrected chi connectivity index (χ3v) is 3.53. The summed E-state index contributed by atoms with van der Waals surface area (Å²) in [6.07, 6.45) is 8.01. The number of hydrogen-bond acceptors (Lipinski definition) is 3. The van der Waals surface area contributed by atoms with Gasteiger partial charge in [0.05, 0.1) is 12.1 Å². The summed E-state index contributed by atoms with van der Waals surface area (Å²) in [5, 5.41) is 0. The van der Waals surface area contributed by atoms with Crippen molar-refractivity contribution < 1.29 is 9.59 Å². The van der Waals surface area contributed by atoms with Crippen molar-refractivity contribution in [3.05, 3.63) is 23.8 Å². The van der Waals surface area contributed by atoms with Gasteiger partial charge in [0.2, 0.25) is 5.91 Å². The molecule has 1 aliphatic rings. The molecule has 4 heteroatoms. The van der Waals surface area contributed by atoms with Gasteiger partial charge in [0.1, 0.15) is 0 Å². The minimum absolute atomic E-state index is 0.0535. The standard InChI is InChI=1S/C15H24N2O2/c1-4-7-12(5-2)10-13(16)15(19)17-9-6-8-14(17)11(3)18/h4-5,7,13-14H,6,8-10,16H2,1-3H3/b7-4-,12-5+. The van der Waals surface area contributed by atoms with Crippen LogP contribution in [0.1, 0.15) is 40.0 Å². The maximum atomic E-state index is 12.3. The highest BCUT2D eigenvalue weighted by Gasteiger charge is 2.34. The molecule has 0 aliphatic carbocycles. The number of rotatable bonds is 5. The Hall–Kier alpha value is -1.42. The predicted molar refractivity (Wildman–Crippen MR) is 76.6 cm³/mol. The van der Waals surface area contributed by atoms with Crippen molar-refractivity contribution >= 4 is 11.7 Å². The first-order valence-electron chi connectivity index (χ1n) is 6.85. The first-order chi connectivity index (χ1) is 9.01. The second kappa shape index (κ2) is 7.24. The van der Waals surface area contributed by atoms with Gasteiger partial charge in [0.15, 0.2) is 5.78 Å². The van der Waals surface area contributed by atoms with Gasteiger partial charge < -0.3 is 10.6 Å². The van der Waals surface area contributed by atoms with Gasteiger partial charge in [-0.2, -0.15) is 0 Å². The zero-order valence-electron chi connectivity index (χ0n) is 12.1. The summed E-state index contributed by atoms with van der Waals surface area (Å²) in [7, 11) is 0. The molecule has 19 heavy (non-hydrogen) atoms. The molecule has 1 saturated heterocycles. The van der Waals surface area contributed by atoms with E-state index in [1.807, 2.05) is 32.1 Å². The Morgan fingerprint density at radius 3 is 2.63 bits per heavy atom. The number of carbonyl (C=O) groups is 2. The number of amides is 1. The smallest absolute Gasteiger partial charge is 0.240 e. The molecule has 4 nitrogen and oxygen atoms in total. The van der Waals surface area contributed by atoms with Crippen LogP contribution in [0.15, 0.2) is 23.8 Å². The van der Waals surface area contributed by atoms with E-state index < -0.39 is 6.04 Å². The minimum atomic E-state index is -0.567. The van der Waals surface area contributed by atoms with Gasteiger partial charge in [-0.05, 0) is 40.0 Å². The van der Waals surface area contributed by atoms with E-state index in [1.165, 1.54) is 0 Å². The van der Waals surface area contributed by atoms with E-state index in [1.54, 1.807) is 11.8 Å². The van der Waals surface area contributed by atoms with Crippen LogP contribution in [0, 0.1) is 0 Å². The monoisotopic (exact) mass is 264 g/mol. The summed E-state index contributed by atoms with van der Waals surface area (Å²) < 4.78 is 0. The number of Topliss-reactive ketones (excluding diaryl/α,β-unsaturated/α-hetero) is 1. The normalized spacial score (nSPS) is 22.0. The average molecular weight is 264 g/mol. The van der Waals surface area contributed by atoms with E-state index in [4.69, 9.17) is 5.73 Å². The van der Waals surface area contributed by atoms with E-state index in [0.29, 0.717) is 13.0 Å². The highest BCUT2D eigenvalue weighted by atomic mass is 16.2. The number of allylic oxidation sites excluding steroid dienone is 3. The quantitative estimate of drug-likeness (QED) is 0.770. The highest BCUT2D eigenvalue weighted by molar-refractivity contribution is 5.90. The summed E-state index contributed by atoms with van der Waals surface area (Å²) in [6.45, 7) is 6.05. The number of nitrogens with zero attached hydrogens (tertiary/aromatic N) is 1. The molecule has 2 atom stereocenters. The van der Waals surface area contributed by atoms with Crippen LogP contribution < -0.4 is 5.73 Å². The summed E-state index contributed by atoms with van der Waals surface area (Å²) in [6, 6.07) is -0.836. The fourth-order valence-electron chi connectivity index (χ4n) is 2.50. The molecular formula is C15H24N2O2. The first kappa shape index (κ1) is 15.6. The molecule has 0 aromatic rings. The summed E-state index contributed by atoms with van der Waals surface area (Å²) in [4.78, 5) is 25.5. The molecule has 0 spiro atoms. The summed E-state index contributed by atoms with van der Waals surface area (Å²) >= 11 is 0. The third kappa shape index (κ3) is 4.03. The molecule has 0 saturated carbocycles. The van der Waals surface area contributed by atoms with Crippen molar-refractivity contribution in [2.75, 3.05) is 6.54 Å². The molecule has 0 aromatic carbocycles. The highest BCUT2D eigenvalue weighted by Crippen LogP contribution is 2.20. The van der Waals surface area contributed by atoms with Crippen LogP contribution in [-0.4, -0.2) is 35.2 Å². The molecule has 0 aromatic heterocycles. The molecule has 0 bridgehead atoms. The Labute approximate surface area is 115 Å². The topological polar surface area (TPSA) is 63.4 Å². The SMILES string of the molecule is C/C=C\C(=C/C)CC(N)C(=O)N1CCCC1C(C)=O. The molecule has 1 fully saturated rings. The molecule has 1 rings (SSSR count). The zero-order valence-corrected chi connectivity index (χ0v) is 12.1. The Balaban J connectivity index is 2.69. The number of likely N-dealkylation sites (tertiary alicyclic amines) is 1. The van der Waals surface area contributed by atoms with Gasteiger partial charge in [0.25, 0.3) is 0 Å². The molecule has 1 amide bonds. The fraction of sp³-hybridized carbons (Fsp3) is 0.600. The van der Waals surface area contributed by atoms with Gasteiger partial charge in [-0.1, -0.05) is 23.8 Å². The van der Waals surface area contributed by atoms with E-state index >= 15 is 0 Å². The maximum Gasteiger partial charge on any atom is 0.240 e. The Morgan fingerprint density at radius 1 is 1.42 bits per heavy atom. The maximum absolute atomic E-state index is 12.3. The van der Waals surface area contributed by atoms with Crippen LogP contribution in [0.2, 0.25) is 0 Å². The van der Waals surface area contributed by atoms with Crippen molar-refractivity contribution in [3.63, 3.8) is 0 Å². The van der Waals surface area contributed by atoms with Crippen LogP contribution in [0.3, 0.4) is 0 Å². The molecule has 0 radical (unpaired) electrons. The molecule has 106 valence electrons. The van der Waals surface area contributed by atoms with Gasteiger partial charge >= 0.3 is 0 Å². The molecule has 2 unspecified atom stereocenters. The third-order valence-electron chi connectivity index (χ3n) is 3.53. The molecule has 1 aliphatic heterocycles. The van der Waals surface area contributed by atoms with Crippen molar-refractivity contribution in [1.82, 2.24) is 4.90 Å². The Bertz CT molecular complexity index is 399. The fourth-order valence-corrected chi connectivity index (χ4v) is 2.50. The number of ketones is 1. The van der Waals surface area contributed by atoms with Gasteiger partial charge in [-0.15, -0.1) is 0 Å². The number of hydrogen-bond donors (Lipinski definition) is 1. The second-order valence-electron chi connectivity index (χ2n) is 4.97. The Morgan fingerprint density at radius 2 is 2.11 bits per heavy atom. The lowest BCUT2D eigenvalue weighted by Crippen LogP contribution is -2.48. The summed E-state index contributed by atoms with van der Waals surface area (Å²) in [5.74, 6) is -0.0562. The zero-order chi connectivity index (χ0) is 14.4. The van der Waals surface area contributed by atoms with E-state index in [0.717, 1.165) is 18.4 Å². The largest absolute Gasteiger partial charge is 0.331 e. The molecule has 2 N–H and O–H groups in total. The van der Waals surface area contributed by atoms with Crippen molar-refractivity contribution in [1.29, 1.82) is 0 Å². The van der Waals surface area contributed by atoms with Crippen LogP contribution in [-0.2, 0) is 9.59 Å². The van der Waals surface area contributed by atoms with Crippen molar-refractivity contribution in [3.8, 4) is 0 Å². The first-order valence-corrected chi connectivity index (χ1v) is 6.85. The lowest BCUT2D eigenvalue weighted by atomic mass is 10.0. The van der Waals surface area contributed by atoms with Gasteiger partial charge in [0, 0.05) is 6.54 Å². The van der Waals surface area contributed by atoms with E-state index in [2.05, 4.69) is 0 Å². The molecule has 1 heterocycles. The second-order valence-corrected chi connectivity index (χ2v) is 4.97. The predicted octanol–water partition coefficient (Wildman–Crippen LogP) is 1.81. The number of nitrogens with two attached hydrogens (primary N) is 1. The Kier molecular flexibility index (Phi) is 5.96. The van der Waals surface area contributed by atoms with E-state index in [9.17, 15) is 9.59 Å². The lowest BCUT2D eigenvalue weighted by molar-refractivity contribution is -0.137. The average Bonchev–Trinajstić information content (AvgIpc) is 2.86. The molecular weight excluding hydrogens is 240 g/mol. The van der Waals surface area contributed by atoms with Crippen LogP contribution in [0.4, 0.5) is 0 Å². The van der Waals surface area contributed by atoms with E-state index in [-0.39, 0.29) is 17.7 Å². The van der Waals surface area contributed by atoms with Crippen LogP contribution >= 0.6 is 0 Å². The van der Waals surface area contributed by atoms with Gasteiger partial charge in [-0.25, -0.2) is 0 Å². The van der Waals surface area contributed by atoms with Crippen molar-refractivity contribution in [2.45, 2.75) is 52.1 Å². The van der Waals surface area contributed by atoms with Crippen molar-refractivity contribution in [2.24, 2.45) is 5.73 Å². The van der Waals surface area contributed by atoms with Crippen LogP contribution in [0.25, 0.3) is 0 Å². The van der Waals surface area contributed by atoms with Crippen LogP contribution in [0.5, 0.6) is 0 Å². The van der Waals surface area contributed by atoms with Gasteiger partial charge in [-0.3, -0.25) is 9.59 Å². The number of carbonyl (C=O) groups excluding carboxylic acids is 2. The lowest BCUT2D eigenvalue weighted by Gasteiger charge is -2.26.